The highest BCUT2D eigenvalue weighted by Crippen LogP contribution is 2.03. The van der Waals surface area contributed by atoms with Crippen molar-refractivity contribution in [3.05, 3.63) is 11.1 Å². The Morgan fingerprint density at radius 2 is 1.75 bits per heavy atom. The summed E-state index contributed by atoms with van der Waals surface area (Å²) in [5.74, 6) is -1.91. The van der Waals surface area contributed by atoms with Gasteiger partial charge in [-0.1, -0.05) is 0 Å². The number of hydrogen-bond donors (Lipinski definition) is 2. The van der Waals surface area contributed by atoms with Crippen molar-refractivity contribution in [2.45, 2.75) is 33.8 Å². The van der Waals surface area contributed by atoms with E-state index < -0.39 is 17.9 Å². The van der Waals surface area contributed by atoms with Crippen molar-refractivity contribution in [2.75, 3.05) is 20.2 Å². The molecule has 0 fully saturated rings. The van der Waals surface area contributed by atoms with Gasteiger partial charge in [0.05, 0.1) is 12.7 Å². The molecule has 7 nitrogen and oxygen atoms in total. The van der Waals surface area contributed by atoms with Gasteiger partial charge in [0, 0.05) is 24.7 Å². The first-order valence-corrected chi connectivity index (χ1v) is 6.25. The number of imide groups is 1. The molecule has 0 aromatic rings. The number of likely N-dealkylation sites (N-methyl/N-ethyl adjacent to an activating group) is 1. The van der Waals surface area contributed by atoms with Crippen molar-refractivity contribution < 1.29 is 24.2 Å². The van der Waals surface area contributed by atoms with Crippen LogP contribution in [-0.4, -0.2) is 54.2 Å². The number of carboxylic acid groups (broad SMARTS) is 1. The lowest BCUT2D eigenvalue weighted by Gasteiger charge is -2.18. The minimum absolute atomic E-state index is 0.00215. The topological polar surface area (TPSA) is 95.9 Å². The largest absolute Gasteiger partial charge is 0.478 e. The van der Waals surface area contributed by atoms with Crippen LogP contribution in [0.25, 0.3) is 0 Å². The van der Waals surface area contributed by atoms with Gasteiger partial charge in [-0.25, -0.2) is 9.59 Å². The Morgan fingerprint density at radius 1 is 1.20 bits per heavy atom. The van der Waals surface area contributed by atoms with Gasteiger partial charge in [-0.3, -0.25) is 10.1 Å². The molecule has 0 spiro atoms. The van der Waals surface area contributed by atoms with E-state index in [1.807, 2.05) is 13.8 Å². The molecule has 7 heteroatoms. The first-order valence-electron chi connectivity index (χ1n) is 6.25. The monoisotopic (exact) mass is 286 g/mol. The van der Waals surface area contributed by atoms with Gasteiger partial charge >= 0.3 is 12.0 Å². The second-order valence-electron chi connectivity index (χ2n) is 4.66. The lowest BCUT2D eigenvalue weighted by Crippen LogP contribution is -2.42. The standard InChI is InChI=1S/C13H22N2O5/c1-8(2)20-7-6-15(5)13(19)14-11(16)9(3)10(4)12(17)18/h8H,6-7H2,1-5H3,(H,17,18)(H,14,16,19). The predicted molar refractivity (Wildman–Crippen MR) is 73.3 cm³/mol. The van der Waals surface area contributed by atoms with E-state index in [2.05, 4.69) is 5.32 Å². The first kappa shape index (κ1) is 18.1. The number of hydrogen-bond acceptors (Lipinski definition) is 4. The fraction of sp³-hybridized carbons (Fsp3) is 0.615. The van der Waals surface area contributed by atoms with Gasteiger partial charge in [-0.15, -0.1) is 0 Å². The number of carbonyl (C=O) groups excluding carboxylic acids is 2. The highest BCUT2D eigenvalue weighted by Gasteiger charge is 2.17. The molecule has 0 aliphatic rings. The van der Waals surface area contributed by atoms with Gasteiger partial charge in [0.15, 0.2) is 0 Å². The van der Waals surface area contributed by atoms with Crippen molar-refractivity contribution in [1.82, 2.24) is 10.2 Å². The number of nitrogens with one attached hydrogen (secondary N) is 1. The predicted octanol–water partition coefficient (Wildman–Crippen LogP) is 1.00. The quantitative estimate of drug-likeness (QED) is 0.710. The molecule has 3 amide bonds. The SMILES string of the molecule is CC(C(=O)O)=C(C)C(=O)NC(=O)N(C)CCOC(C)C. The lowest BCUT2D eigenvalue weighted by atomic mass is 10.1. The summed E-state index contributed by atoms with van der Waals surface area (Å²) in [4.78, 5) is 35.4. The van der Waals surface area contributed by atoms with Crippen LogP contribution in [0.2, 0.25) is 0 Å². The van der Waals surface area contributed by atoms with E-state index in [4.69, 9.17) is 9.84 Å². The molecule has 0 bridgehead atoms. The Kier molecular flexibility index (Phi) is 7.53. The summed E-state index contributed by atoms with van der Waals surface area (Å²) in [6.07, 6.45) is 0.0662. The molecule has 114 valence electrons. The van der Waals surface area contributed by atoms with Crippen LogP contribution in [0.4, 0.5) is 4.79 Å². The highest BCUT2D eigenvalue weighted by atomic mass is 16.5. The van der Waals surface area contributed by atoms with E-state index in [1.165, 1.54) is 25.8 Å². The zero-order chi connectivity index (χ0) is 15.9. The van der Waals surface area contributed by atoms with Gasteiger partial charge < -0.3 is 14.7 Å². The number of carboxylic acids is 1. The van der Waals surface area contributed by atoms with Crippen molar-refractivity contribution in [2.24, 2.45) is 0 Å². The number of aliphatic carboxylic acids is 1. The summed E-state index contributed by atoms with van der Waals surface area (Å²) in [6.45, 7) is 7.12. The Bertz CT molecular complexity index is 415. The lowest BCUT2D eigenvalue weighted by molar-refractivity contribution is -0.133. The molecule has 0 saturated heterocycles. The molecular weight excluding hydrogens is 264 g/mol. The van der Waals surface area contributed by atoms with Crippen molar-refractivity contribution in [3.8, 4) is 0 Å². The van der Waals surface area contributed by atoms with Crippen LogP contribution in [0.15, 0.2) is 11.1 Å². The van der Waals surface area contributed by atoms with Gasteiger partial charge in [-0.2, -0.15) is 0 Å². The van der Waals surface area contributed by atoms with E-state index >= 15 is 0 Å². The number of nitrogens with zero attached hydrogens (tertiary/aromatic N) is 1. The fourth-order valence-electron chi connectivity index (χ4n) is 1.14. The summed E-state index contributed by atoms with van der Waals surface area (Å²) in [7, 11) is 1.52. The Morgan fingerprint density at radius 3 is 2.20 bits per heavy atom. The van der Waals surface area contributed by atoms with E-state index in [-0.39, 0.29) is 17.3 Å². The van der Waals surface area contributed by atoms with E-state index in [1.54, 1.807) is 0 Å². The molecule has 0 aromatic heterocycles. The third kappa shape index (κ3) is 6.33. The summed E-state index contributed by atoms with van der Waals surface area (Å²) in [6, 6.07) is -0.597. The average Bonchev–Trinajstić information content (AvgIpc) is 2.35. The first-order chi connectivity index (χ1) is 9.16. The molecule has 0 saturated carbocycles. The van der Waals surface area contributed by atoms with Crippen LogP contribution in [0, 0.1) is 0 Å². The van der Waals surface area contributed by atoms with Crippen LogP contribution in [-0.2, 0) is 14.3 Å². The number of ether oxygens (including phenoxy) is 1. The highest BCUT2D eigenvalue weighted by molar-refractivity contribution is 6.07. The van der Waals surface area contributed by atoms with Crippen LogP contribution < -0.4 is 5.32 Å². The zero-order valence-electron chi connectivity index (χ0n) is 12.5. The molecule has 0 heterocycles. The average molecular weight is 286 g/mol. The van der Waals surface area contributed by atoms with E-state index in [0.717, 1.165) is 0 Å². The molecule has 0 aliphatic heterocycles. The van der Waals surface area contributed by atoms with Crippen molar-refractivity contribution in [3.63, 3.8) is 0 Å². The maximum atomic E-state index is 11.7. The molecule has 0 aliphatic carbocycles. The normalized spacial score (nSPS) is 11.9. The van der Waals surface area contributed by atoms with Crippen molar-refractivity contribution in [1.29, 1.82) is 0 Å². The molecule has 0 rings (SSSR count). The third-order valence-corrected chi connectivity index (χ3v) is 2.67. The van der Waals surface area contributed by atoms with Gasteiger partial charge in [0.2, 0.25) is 0 Å². The molecule has 0 unspecified atom stereocenters. The second kappa shape index (κ2) is 8.31. The van der Waals surface area contributed by atoms with Crippen LogP contribution in [0.5, 0.6) is 0 Å². The smallest absolute Gasteiger partial charge is 0.331 e. The van der Waals surface area contributed by atoms with Gasteiger partial charge in [-0.05, 0) is 27.7 Å². The molecular formula is C13H22N2O5. The molecule has 2 N–H and O–H groups in total. The maximum Gasteiger partial charge on any atom is 0.331 e. The summed E-state index contributed by atoms with van der Waals surface area (Å²) < 4.78 is 5.29. The summed E-state index contributed by atoms with van der Waals surface area (Å²) in [5.41, 5.74) is -0.0984. The minimum atomic E-state index is -1.19. The molecule has 20 heavy (non-hydrogen) atoms. The molecule has 0 radical (unpaired) electrons. The van der Waals surface area contributed by atoms with Crippen LogP contribution >= 0.6 is 0 Å². The minimum Gasteiger partial charge on any atom is -0.478 e. The van der Waals surface area contributed by atoms with Crippen LogP contribution in [0.3, 0.4) is 0 Å². The summed E-state index contributed by atoms with van der Waals surface area (Å²) >= 11 is 0. The Hall–Kier alpha value is -1.89. The van der Waals surface area contributed by atoms with Gasteiger partial charge in [0.1, 0.15) is 0 Å². The number of amides is 3. The summed E-state index contributed by atoms with van der Waals surface area (Å²) in [5, 5.41) is 10.9. The number of urea groups is 1. The zero-order valence-corrected chi connectivity index (χ0v) is 12.5. The van der Waals surface area contributed by atoms with E-state index in [0.29, 0.717) is 13.2 Å². The van der Waals surface area contributed by atoms with E-state index in [9.17, 15) is 14.4 Å². The number of rotatable bonds is 6. The van der Waals surface area contributed by atoms with Crippen LogP contribution in [0.1, 0.15) is 27.7 Å². The van der Waals surface area contributed by atoms with Crippen molar-refractivity contribution >= 4 is 17.9 Å². The Labute approximate surface area is 118 Å². The molecule has 0 atom stereocenters. The van der Waals surface area contributed by atoms with Gasteiger partial charge in [0.25, 0.3) is 5.91 Å². The maximum absolute atomic E-state index is 11.7. The fourth-order valence-corrected chi connectivity index (χ4v) is 1.14. The number of carbonyl (C=O) groups is 3. The second-order valence-corrected chi connectivity index (χ2v) is 4.66. The Balaban J connectivity index is 4.43. The molecule has 0 aromatic carbocycles. The third-order valence-electron chi connectivity index (χ3n) is 2.67.